The van der Waals surface area contributed by atoms with Gasteiger partial charge in [0, 0.05) is 5.69 Å². The van der Waals surface area contributed by atoms with E-state index in [0.29, 0.717) is 11.3 Å². The normalized spacial score (nSPS) is 10.9. The molecule has 0 saturated carbocycles. The van der Waals surface area contributed by atoms with E-state index >= 15 is 0 Å². The second kappa shape index (κ2) is 5.64. The van der Waals surface area contributed by atoms with Crippen LogP contribution in [-0.2, 0) is 9.53 Å². The number of nitrogens with one attached hydrogen (secondary N) is 2. The minimum Gasteiger partial charge on any atom is -0.465 e. The van der Waals surface area contributed by atoms with Crippen LogP contribution in [0.5, 0.6) is 0 Å². The molecule has 2 N–H and O–H groups in total. The summed E-state index contributed by atoms with van der Waals surface area (Å²) in [6, 6.07) is 6.54. The van der Waals surface area contributed by atoms with Crippen molar-refractivity contribution >= 4 is 17.6 Å². The Kier molecular flexibility index (Phi) is 4.44. The molecule has 0 atom stereocenters. The third-order valence-corrected chi connectivity index (χ3v) is 2.76. The lowest BCUT2D eigenvalue weighted by atomic mass is 10.1. The first-order chi connectivity index (χ1) is 8.40. The highest BCUT2D eigenvalue weighted by atomic mass is 16.5. The molecule has 1 amide bonds. The SMILES string of the molecule is CNC(C)(C)C(=O)Nc1ccc(C(=O)OC)cc1. The van der Waals surface area contributed by atoms with Crippen molar-refractivity contribution in [2.75, 3.05) is 19.5 Å². The summed E-state index contributed by atoms with van der Waals surface area (Å²) in [5.74, 6) is -0.542. The molecule has 5 heteroatoms. The Balaban J connectivity index is 2.76. The van der Waals surface area contributed by atoms with Gasteiger partial charge >= 0.3 is 5.97 Å². The number of ether oxygens (including phenoxy) is 1. The first kappa shape index (κ1) is 14.2. The molecule has 0 saturated heterocycles. The van der Waals surface area contributed by atoms with Crippen LogP contribution in [0.1, 0.15) is 24.2 Å². The molecule has 1 aromatic carbocycles. The van der Waals surface area contributed by atoms with E-state index in [1.165, 1.54) is 7.11 Å². The lowest BCUT2D eigenvalue weighted by Gasteiger charge is -2.22. The maximum atomic E-state index is 11.9. The van der Waals surface area contributed by atoms with Gasteiger partial charge in [-0.05, 0) is 45.2 Å². The second-order valence-corrected chi connectivity index (χ2v) is 4.40. The first-order valence-corrected chi connectivity index (χ1v) is 5.59. The van der Waals surface area contributed by atoms with Gasteiger partial charge < -0.3 is 15.4 Å². The summed E-state index contributed by atoms with van der Waals surface area (Å²) in [5.41, 5.74) is 0.431. The molecule has 98 valence electrons. The van der Waals surface area contributed by atoms with Crippen molar-refractivity contribution in [1.29, 1.82) is 0 Å². The van der Waals surface area contributed by atoms with Crippen LogP contribution in [-0.4, -0.2) is 31.6 Å². The van der Waals surface area contributed by atoms with Crippen LogP contribution in [0, 0.1) is 0 Å². The van der Waals surface area contributed by atoms with Crippen LogP contribution < -0.4 is 10.6 Å². The predicted molar refractivity (Wildman–Crippen MR) is 69.5 cm³/mol. The molecule has 0 aromatic heterocycles. The van der Waals surface area contributed by atoms with E-state index in [0.717, 1.165) is 0 Å². The number of rotatable bonds is 4. The number of hydrogen-bond acceptors (Lipinski definition) is 4. The van der Waals surface area contributed by atoms with E-state index < -0.39 is 11.5 Å². The Hall–Kier alpha value is -1.88. The number of hydrogen-bond donors (Lipinski definition) is 2. The molecule has 0 aliphatic carbocycles. The summed E-state index contributed by atoms with van der Waals surface area (Å²) < 4.78 is 4.59. The molecule has 0 fully saturated rings. The fraction of sp³-hybridized carbons (Fsp3) is 0.385. The minimum absolute atomic E-state index is 0.143. The van der Waals surface area contributed by atoms with Gasteiger partial charge in [-0.1, -0.05) is 0 Å². The number of amides is 1. The maximum Gasteiger partial charge on any atom is 0.337 e. The van der Waals surface area contributed by atoms with Crippen LogP contribution in [0.15, 0.2) is 24.3 Å². The van der Waals surface area contributed by atoms with Crippen molar-refractivity contribution in [1.82, 2.24) is 5.32 Å². The highest BCUT2D eigenvalue weighted by Gasteiger charge is 2.25. The molecular formula is C13H18N2O3. The summed E-state index contributed by atoms with van der Waals surface area (Å²) >= 11 is 0. The van der Waals surface area contributed by atoms with Gasteiger partial charge in [-0.25, -0.2) is 4.79 Å². The highest BCUT2D eigenvalue weighted by Crippen LogP contribution is 2.13. The van der Waals surface area contributed by atoms with Crippen LogP contribution in [0.3, 0.4) is 0 Å². The van der Waals surface area contributed by atoms with Crippen molar-refractivity contribution in [2.45, 2.75) is 19.4 Å². The molecule has 1 aromatic rings. The molecule has 0 heterocycles. The first-order valence-electron chi connectivity index (χ1n) is 5.59. The topological polar surface area (TPSA) is 67.4 Å². The molecule has 5 nitrogen and oxygen atoms in total. The van der Waals surface area contributed by atoms with Crippen molar-refractivity contribution in [3.8, 4) is 0 Å². The zero-order chi connectivity index (χ0) is 13.8. The second-order valence-electron chi connectivity index (χ2n) is 4.40. The van der Waals surface area contributed by atoms with Gasteiger partial charge in [0.1, 0.15) is 0 Å². The molecular weight excluding hydrogens is 232 g/mol. The number of likely N-dealkylation sites (N-methyl/N-ethyl adjacent to an activating group) is 1. The molecule has 0 spiro atoms. The molecule has 0 unspecified atom stereocenters. The Labute approximate surface area is 107 Å². The quantitative estimate of drug-likeness (QED) is 0.793. The summed E-state index contributed by atoms with van der Waals surface area (Å²) in [7, 11) is 3.05. The molecule has 0 radical (unpaired) electrons. The van der Waals surface area contributed by atoms with Gasteiger partial charge in [0.25, 0.3) is 0 Å². The van der Waals surface area contributed by atoms with Crippen LogP contribution >= 0.6 is 0 Å². The average molecular weight is 250 g/mol. The van der Waals surface area contributed by atoms with E-state index in [9.17, 15) is 9.59 Å². The number of anilines is 1. The molecule has 0 bridgehead atoms. The van der Waals surface area contributed by atoms with E-state index in [1.807, 2.05) is 0 Å². The van der Waals surface area contributed by atoms with Crippen molar-refractivity contribution in [3.63, 3.8) is 0 Å². The van der Waals surface area contributed by atoms with Crippen molar-refractivity contribution in [3.05, 3.63) is 29.8 Å². The zero-order valence-corrected chi connectivity index (χ0v) is 11.0. The summed E-state index contributed by atoms with van der Waals surface area (Å²) in [6.45, 7) is 3.57. The van der Waals surface area contributed by atoms with Gasteiger partial charge in [0.05, 0.1) is 18.2 Å². The van der Waals surface area contributed by atoms with Gasteiger partial charge in [0.2, 0.25) is 5.91 Å². The standard InChI is InChI=1S/C13H18N2O3/c1-13(2,14-3)12(17)15-10-7-5-9(6-8-10)11(16)18-4/h5-8,14H,1-4H3,(H,15,17). The smallest absolute Gasteiger partial charge is 0.337 e. The average Bonchev–Trinajstić information content (AvgIpc) is 2.38. The minimum atomic E-state index is -0.652. The maximum absolute atomic E-state index is 11.9. The zero-order valence-electron chi connectivity index (χ0n) is 11.0. The molecule has 0 aliphatic heterocycles. The van der Waals surface area contributed by atoms with Crippen LogP contribution in [0.4, 0.5) is 5.69 Å². The number of carbonyl (C=O) groups excluding carboxylic acids is 2. The van der Waals surface area contributed by atoms with E-state index in [-0.39, 0.29) is 5.91 Å². The lowest BCUT2D eigenvalue weighted by molar-refractivity contribution is -0.121. The fourth-order valence-electron chi connectivity index (χ4n) is 1.21. The Morgan fingerprint density at radius 1 is 1.17 bits per heavy atom. The van der Waals surface area contributed by atoms with Crippen molar-refractivity contribution in [2.24, 2.45) is 0 Å². The Morgan fingerprint density at radius 3 is 2.17 bits per heavy atom. The van der Waals surface area contributed by atoms with Gasteiger partial charge in [-0.3, -0.25) is 4.79 Å². The summed E-state index contributed by atoms with van der Waals surface area (Å²) in [4.78, 5) is 23.1. The third kappa shape index (κ3) is 3.30. The van der Waals surface area contributed by atoms with Gasteiger partial charge in [-0.2, -0.15) is 0 Å². The predicted octanol–water partition coefficient (Wildman–Crippen LogP) is 1.41. The van der Waals surface area contributed by atoms with Crippen LogP contribution in [0.25, 0.3) is 0 Å². The van der Waals surface area contributed by atoms with Crippen molar-refractivity contribution < 1.29 is 14.3 Å². The summed E-state index contributed by atoms with van der Waals surface area (Å²) in [6.07, 6.45) is 0. The summed E-state index contributed by atoms with van der Waals surface area (Å²) in [5, 5.41) is 5.68. The number of carbonyl (C=O) groups is 2. The Morgan fingerprint density at radius 2 is 1.72 bits per heavy atom. The van der Waals surface area contributed by atoms with E-state index in [4.69, 9.17) is 0 Å². The van der Waals surface area contributed by atoms with E-state index in [2.05, 4.69) is 15.4 Å². The third-order valence-electron chi connectivity index (χ3n) is 2.76. The number of esters is 1. The van der Waals surface area contributed by atoms with E-state index in [1.54, 1.807) is 45.2 Å². The van der Waals surface area contributed by atoms with Crippen LogP contribution in [0.2, 0.25) is 0 Å². The Bertz CT molecular complexity index is 438. The van der Waals surface area contributed by atoms with Gasteiger partial charge in [0.15, 0.2) is 0 Å². The molecule has 0 aliphatic rings. The number of benzene rings is 1. The largest absolute Gasteiger partial charge is 0.465 e. The fourth-order valence-corrected chi connectivity index (χ4v) is 1.21. The highest BCUT2D eigenvalue weighted by molar-refractivity contribution is 5.98. The molecule has 1 rings (SSSR count). The molecule has 18 heavy (non-hydrogen) atoms. The monoisotopic (exact) mass is 250 g/mol. The lowest BCUT2D eigenvalue weighted by Crippen LogP contribution is -2.47. The van der Waals surface area contributed by atoms with Gasteiger partial charge in [-0.15, -0.1) is 0 Å². The number of methoxy groups -OCH3 is 1.